The summed E-state index contributed by atoms with van der Waals surface area (Å²) in [5.74, 6) is 0.222. The van der Waals surface area contributed by atoms with Crippen molar-refractivity contribution in [2.75, 3.05) is 11.9 Å². The number of hydrogen-bond donors (Lipinski definition) is 1. The predicted octanol–water partition coefficient (Wildman–Crippen LogP) is 4.91. The number of amides is 2. The molecule has 1 aromatic heterocycles. The summed E-state index contributed by atoms with van der Waals surface area (Å²) in [4.78, 5) is 28.7. The number of aromatic nitrogens is 1. The van der Waals surface area contributed by atoms with Gasteiger partial charge in [0.1, 0.15) is 12.3 Å². The maximum absolute atomic E-state index is 14.0. The molecule has 6 heteroatoms. The fraction of sp³-hybridized carbons (Fsp3) is 0.346. The van der Waals surface area contributed by atoms with E-state index >= 15 is 0 Å². The number of carbonyl (C=O) groups excluding carboxylic acids is 2. The molecule has 0 atom stereocenters. The number of anilines is 1. The molecule has 0 unspecified atom stereocenters. The molecule has 0 bridgehead atoms. The van der Waals surface area contributed by atoms with Crippen molar-refractivity contribution >= 4 is 17.6 Å². The number of benzene rings is 2. The highest BCUT2D eigenvalue weighted by molar-refractivity contribution is 5.96. The van der Waals surface area contributed by atoms with Crippen LogP contribution >= 0.6 is 0 Å². The Morgan fingerprint density at radius 3 is 2.12 bits per heavy atom. The van der Waals surface area contributed by atoms with Crippen LogP contribution in [0.15, 0.2) is 71.3 Å². The van der Waals surface area contributed by atoms with Crippen molar-refractivity contribution in [1.82, 2.24) is 10.1 Å². The lowest BCUT2D eigenvalue weighted by Crippen LogP contribution is -2.47. The highest BCUT2D eigenvalue weighted by atomic mass is 16.5. The van der Waals surface area contributed by atoms with Gasteiger partial charge in [-0.15, -0.1) is 0 Å². The molecular weight excluding hydrogens is 402 g/mol. The van der Waals surface area contributed by atoms with Gasteiger partial charge in [-0.25, -0.2) is 0 Å². The van der Waals surface area contributed by atoms with Gasteiger partial charge in [-0.1, -0.05) is 85.1 Å². The van der Waals surface area contributed by atoms with E-state index in [4.69, 9.17) is 4.52 Å². The zero-order valence-electron chi connectivity index (χ0n) is 18.4. The van der Waals surface area contributed by atoms with Crippen molar-refractivity contribution in [2.45, 2.75) is 51.0 Å². The lowest BCUT2D eigenvalue weighted by molar-refractivity contribution is -0.138. The highest BCUT2D eigenvalue weighted by Crippen LogP contribution is 2.31. The Hall–Kier alpha value is -3.41. The Balaban J connectivity index is 1.63. The second-order valence-electron chi connectivity index (χ2n) is 8.38. The molecule has 4 rings (SSSR count). The van der Waals surface area contributed by atoms with Gasteiger partial charge in [-0.3, -0.25) is 9.59 Å². The largest absolute Gasteiger partial charge is 0.360 e. The van der Waals surface area contributed by atoms with Crippen LogP contribution in [0.5, 0.6) is 0 Å². The van der Waals surface area contributed by atoms with Crippen molar-refractivity contribution in [3.05, 3.63) is 83.6 Å². The monoisotopic (exact) mass is 431 g/mol. The van der Waals surface area contributed by atoms with Gasteiger partial charge in [0.2, 0.25) is 11.8 Å². The first-order valence-corrected chi connectivity index (χ1v) is 11.3. The molecule has 32 heavy (non-hydrogen) atoms. The van der Waals surface area contributed by atoms with Gasteiger partial charge in [-0.05, 0) is 30.9 Å². The van der Waals surface area contributed by atoms with Crippen LogP contribution < -0.4 is 5.32 Å². The van der Waals surface area contributed by atoms with Gasteiger partial charge in [-0.2, -0.15) is 0 Å². The Kier molecular flexibility index (Phi) is 7.00. The van der Waals surface area contributed by atoms with E-state index in [0.717, 1.165) is 36.8 Å². The first-order chi connectivity index (χ1) is 15.6. The molecule has 2 amide bonds. The zero-order valence-corrected chi connectivity index (χ0v) is 18.4. The number of nitrogens with one attached hydrogen (secondary N) is 1. The molecule has 2 aromatic carbocycles. The van der Waals surface area contributed by atoms with Gasteiger partial charge in [0.05, 0.1) is 5.92 Å². The van der Waals surface area contributed by atoms with Gasteiger partial charge in [0.25, 0.3) is 0 Å². The van der Waals surface area contributed by atoms with Gasteiger partial charge in [0, 0.05) is 12.1 Å². The first kappa shape index (κ1) is 21.8. The van der Waals surface area contributed by atoms with Crippen LogP contribution in [0.4, 0.5) is 5.82 Å². The van der Waals surface area contributed by atoms with Crippen molar-refractivity contribution in [2.24, 2.45) is 0 Å². The summed E-state index contributed by atoms with van der Waals surface area (Å²) < 4.78 is 5.04. The van der Waals surface area contributed by atoms with Crippen molar-refractivity contribution in [3.8, 4) is 0 Å². The molecule has 1 heterocycles. The average molecular weight is 432 g/mol. The van der Waals surface area contributed by atoms with E-state index in [0.29, 0.717) is 11.6 Å². The minimum absolute atomic E-state index is 0.00836. The minimum atomic E-state index is -0.457. The second-order valence-corrected chi connectivity index (χ2v) is 8.38. The molecule has 1 aliphatic rings. The summed E-state index contributed by atoms with van der Waals surface area (Å²) in [5, 5.41) is 6.61. The summed E-state index contributed by atoms with van der Waals surface area (Å²) in [7, 11) is 0. The third-order valence-corrected chi connectivity index (χ3v) is 6.02. The smallest absolute Gasteiger partial charge is 0.245 e. The fourth-order valence-corrected chi connectivity index (χ4v) is 4.48. The highest BCUT2D eigenvalue weighted by Gasteiger charge is 2.33. The average Bonchev–Trinajstić information content (AvgIpc) is 3.24. The third-order valence-electron chi connectivity index (χ3n) is 6.02. The molecule has 6 nitrogen and oxygen atoms in total. The van der Waals surface area contributed by atoms with Gasteiger partial charge < -0.3 is 14.7 Å². The van der Waals surface area contributed by atoms with E-state index in [2.05, 4.69) is 10.5 Å². The molecule has 1 N–H and O–H groups in total. The predicted molar refractivity (Wildman–Crippen MR) is 123 cm³/mol. The van der Waals surface area contributed by atoms with Crippen LogP contribution in [0.3, 0.4) is 0 Å². The van der Waals surface area contributed by atoms with E-state index in [1.165, 1.54) is 6.42 Å². The van der Waals surface area contributed by atoms with Gasteiger partial charge >= 0.3 is 0 Å². The molecule has 0 saturated heterocycles. The summed E-state index contributed by atoms with van der Waals surface area (Å²) in [5.41, 5.74) is 1.86. The van der Waals surface area contributed by atoms with E-state index < -0.39 is 5.92 Å². The molecule has 3 aromatic rings. The molecule has 1 saturated carbocycles. The molecule has 1 fully saturated rings. The molecular formula is C26H29N3O3. The topological polar surface area (TPSA) is 75.4 Å². The van der Waals surface area contributed by atoms with Crippen LogP contribution in [0.2, 0.25) is 0 Å². The van der Waals surface area contributed by atoms with Crippen molar-refractivity contribution < 1.29 is 14.1 Å². The lowest BCUT2D eigenvalue weighted by Gasteiger charge is -2.36. The third kappa shape index (κ3) is 5.25. The van der Waals surface area contributed by atoms with E-state index in [1.807, 2.05) is 60.7 Å². The van der Waals surface area contributed by atoms with Crippen LogP contribution in [0.25, 0.3) is 0 Å². The summed E-state index contributed by atoms with van der Waals surface area (Å²) in [6.07, 6.45) is 5.14. The summed E-state index contributed by atoms with van der Waals surface area (Å²) >= 11 is 0. The number of nitrogens with zero attached hydrogens (tertiary/aromatic N) is 2. The normalized spacial score (nSPS) is 14.3. The Morgan fingerprint density at radius 1 is 1.00 bits per heavy atom. The van der Waals surface area contributed by atoms with Gasteiger partial charge in [0.15, 0.2) is 5.82 Å². The maximum Gasteiger partial charge on any atom is 0.245 e. The molecule has 0 aliphatic heterocycles. The molecule has 166 valence electrons. The standard InChI is InChI=1S/C26H29N3O3/c1-19-17-23(28-32-19)27-24(30)18-29(22-15-9-4-10-16-22)26(31)25(20-11-5-2-6-12-20)21-13-7-3-8-14-21/h2-3,5-8,11-14,17,22,25H,4,9-10,15-16,18H2,1H3,(H,27,28,30). The maximum atomic E-state index is 14.0. The SMILES string of the molecule is Cc1cc(NC(=O)CN(C(=O)C(c2ccccc2)c2ccccc2)C2CCCCC2)no1. The van der Waals surface area contributed by atoms with E-state index in [-0.39, 0.29) is 24.4 Å². The van der Waals surface area contributed by atoms with Crippen LogP contribution in [-0.4, -0.2) is 34.5 Å². The Labute approximate surface area is 188 Å². The first-order valence-electron chi connectivity index (χ1n) is 11.3. The second kappa shape index (κ2) is 10.3. The summed E-state index contributed by atoms with van der Waals surface area (Å²) in [6, 6.07) is 21.3. The molecule has 0 spiro atoms. The van der Waals surface area contributed by atoms with Crippen LogP contribution in [0, 0.1) is 6.92 Å². The van der Waals surface area contributed by atoms with Crippen molar-refractivity contribution in [1.29, 1.82) is 0 Å². The number of aryl methyl sites for hydroxylation is 1. The summed E-state index contributed by atoms with van der Waals surface area (Å²) in [6.45, 7) is 1.76. The fourth-order valence-electron chi connectivity index (χ4n) is 4.48. The molecule has 0 radical (unpaired) electrons. The van der Waals surface area contributed by atoms with Crippen LogP contribution in [0.1, 0.15) is 54.9 Å². The zero-order chi connectivity index (χ0) is 22.3. The Bertz CT molecular complexity index is 987. The quantitative estimate of drug-likeness (QED) is 0.576. The van der Waals surface area contributed by atoms with Crippen molar-refractivity contribution in [3.63, 3.8) is 0 Å². The number of carbonyl (C=O) groups is 2. The lowest BCUT2D eigenvalue weighted by atomic mass is 9.87. The Morgan fingerprint density at radius 2 is 1.59 bits per heavy atom. The number of hydrogen-bond acceptors (Lipinski definition) is 4. The van der Waals surface area contributed by atoms with E-state index in [1.54, 1.807) is 17.9 Å². The minimum Gasteiger partial charge on any atom is -0.360 e. The molecule has 1 aliphatic carbocycles. The van der Waals surface area contributed by atoms with Crippen LogP contribution in [-0.2, 0) is 9.59 Å². The number of rotatable bonds is 7. The van der Waals surface area contributed by atoms with E-state index in [9.17, 15) is 9.59 Å².